The van der Waals surface area contributed by atoms with Crippen LogP contribution in [0.5, 0.6) is 5.75 Å². The standard InChI is InChI=1S/C7H6B2O2.C2H6/c8-7(9,10)11-6-4-2-1-3-5-6;1-2/h1-5,10H;1-2H3. The predicted octanol–water partition coefficient (Wildman–Crippen LogP) is 1.03. The van der Waals surface area contributed by atoms with E-state index in [1.807, 2.05) is 19.9 Å². The minimum atomic E-state index is -2.10. The van der Waals surface area contributed by atoms with E-state index in [-0.39, 0.29) is 0 Å². The summed E-state index contributed by atoms with van der Waals surface area (Å²) >= 11 is 0. The first-order valence-corrected chi connectivity index (χ1v) is 4.12. The molecular formula is C9H12B2O2. The van der Waals surface area contributed by atoms with Crippen molar-refractivity contribution in [2.24, 2.45) is 0 Å². The van der Waals surface area contributed by atoms with Crippen molar-refractivity contribution in [1.82, 2.24) is 0 Å². The van der Waals surface area contributed by atoms with Crippen LogP contribution in [0.15, 0.2) is 30.3 Å². The molecule has 13 heavy (non-hydrogen) atoms. The Morgan fingerprint density at radius 1 is 1.15 bits per heavy atom. The number of benzene rings is 1. The summed E-state index contributed by atoms with van der Waals surface area (Å²) in [4.78, 5) is 0. The maximum atomic E-state index is 8.80. The average Bonchev–Trinajstić information content (AvgIpc) is 2.07. The van der Waals surface area contributed by atoms with Crippen molar-refractivity contribution in [3.8, 4) is 5.75 Å². The van der Waals surface area contributed by atoms with Gasteiger partial charge >= 0.3 is 0 Å². The highest BCUT2D eigenvalue weighted by atomic mass is 16.6. The Kier molecular flexibility index (Phi) is 5.31. The van der Waals surface area contributed by atoms with E-state index in [0.717, 1.165) is 0 Å². The van der Waals surface area contributed by atoms with E-state index in [1.54, 1.807) is 24.3 Å². The van der Waals surface area contributed by atoms with Crippen LogP contribution in [0.2, 0.25) is 0 Å². The fourth-order valence-corrected chi connectivity index (χ4v) is 0.677. The quantitative estimate of drug-likeness (QED) is 0.535. The van der Waals surface area contributed by atoms with Crippen molar-refractivity contribution >= 4 is 15.7 Å². The molecule has 4 heteroatoms. The Morgan fingerprint density at radius 2 is 1.62 bits per heavy atom. The van der Waals surface area contributed by atoms with Crippen LogP contribution in [0, 0.1) is 0 Å². The minimum Gasteiger partial charge on any atom is -0.482 e. The smallest absolute Gasteiger partial charge is 0.156 e. The van der Waals surface area contributed by atoms with Gasteiger partial charge in [0.25, 0.3) is 0 Å². The second-order valence-electron chi connectivity index (χ2n) is 2.17. The van der Waals surface area contributed by atoms with Crippen LogP contribution in [-0.4, -0.2) is 26.4 Å². The van der Waals surface area contributed by atoms with Gasteiger partial charge in [0.15, 0.2) is 15.7 Å². The lowest BCUT2D eigenvalue weighted by atomic mass is 9.76. The summed E-state index contributed by atoms with van der Waals surface area (Å²) < 4.78 is 4.71. The van der Waals surface area contributed by atoms with E-state index in [4.69, 9.17) is 25.5 Å². The molecule has 0 heterocycles. The first kappa shape index (κ1) is 12.1. The molecule has 0 fully saturated rings. The third-order valence-corrected chi connectivity index (χ3v) is 1.02. The molecule has 0 saturated carbocycles. The highest BCUT2D eigenvalue weighted by Crippen LogP contribution is 2.11. The third kappa shape index (κ3) is 6.29. The molecule has 0 spiro atoms. The van der Waals surface area contributed by atoms with Crippen molar-refractivity contribution < 1.29 is 9.84 Å². The van der Waals surface area contributed by atoms with Crippen molar-refractivity contribution in [2.45, 2.75) is 19.4 Å². The fraction of sp³-hybridized carbons (Fsp3) is 0.333. The van der Waals surface area contributed by atoms with Crippen molar-refractivity contribution in [1.29, 1.82) is 0 Å². The number of para-hydroxylation sites is 1. The second-order valence-corrected chi connectivity index (χ2v) is 2.17. The number of aliphatic hydroxyl groups is 1. The summed E-state index contributed by atoms with van der Waals surface area (Å²) in [5.74, 6) is 0.431. The van der Waals surface area contributed by atoms with E-state index >= 15 is 0 Å². The lowest BCUT2D eigenvalue weighted by Crippen LogP contribution is -2.36. The summed E-state index contributed by atoms with van der Waals surface area (Å²) in [6, 6.07) is 8.61. The predicted molar refractivity (Wildman–Crippen MR) is 54.9 cm³/mol. The van der Waals surface area contributed by atoms with Crippen LogP contribution >= 0.6 is 0 Å². The van der Waals surface area contributed by atoms with Gasteiger partial charge in [-0.15, -0.1) is 0 Å². The summed E-state index contributed by atoms with van der Waals surface area (Å²) in [6.45, 7) is 4.00. The fourth-order valence-electron chi connectivity index (χ4n) is 0.677. The van der Waals surface area contributed by atoms with Gasteiger partial charge in [0.2, 0.25) is 0 Å². The Hall–Kier alpha value is -0.890. The van der Waals surface area contributed by atoms with Gasteiger partial charge in [0, 0.05) is 0 Å². The normalized spacial score (nSPS) is 9.77. The van der Waals surface area contributed by atoms with Gasteiger partial charge < -0.3 is 9.84 Å². The topological polar surface area (TPSA) is 29.5 Å². The van der Waals surface area contributed by atoms with E-state index in [9.17, 15) is 0 Å². The van der Waals surface area contributed by atoms with Gasteiger partial charge in [-0.05, 0) is 12.1 Å². The number of hydrogen-bond acceptors (Lipinski definition) is 2. The molecule has 0 aliphatic carbocycles. The van der Waals surface area contributed by atoms with Crippen LogP contribution < -0.4 is 4.74 Å². The Labute approximate surface area is 81.7 Å². The zero-order valence-corrected chi connectivity index (χ0v) is 7.90. The molecule has 4 radical (unpaired) electrons. The summed E-state index contributed by atoms with van der Waals surface area (Å²) in [7, 11) is 9.96. The van der Waals surface area contributed by atoms with Gasteiger partial charge in [-0.3, -0.25) is 0 Å². The molecule has 2 nitrogen and oxygen atoms in total. The lowest BCUT2D eigenvalue weighted by Gasteiger charge is -2.20. The molecule has 0 saturated heterocycles. The van der Waals surface area contributed by atoms with Gasteiger partial charge in [-0.1, -0.05) is 32.0 Å². The number of hydrogen-bond donors (Lipinski definition) is 1. The van der Waals surface area contributed by atoms with E-state index < -0.39 is 5.59 Å². The first-order valence-electron chi connectivity index (χ1n) is 4.12. The molecule has 0 aliphatic rings. The van der Waals surface area contributed by atoms with Crippen LogP contribution in [0.3, 0.4) is 0 Å². The van der Waals surface area contributed by atoms with E-state index in [0.29, 0.717) is 5.75 Å². The van der Waals surface area contributed by atoms with Crippen molar-refractivity contribution in [3.63, 3.8) is 0 Å². The maximum Gasteiger partial charge on any atom is 0.156 e. The molecule has 66 valence electrons. The summed E-state index contributed by atoms with van der Waals surface area (Å²) in [6.07, 6.45) is 0. The number of rotatable bonds is 2. The molecule has 0 atom stereocenters. The molecule has 1 aromatic carbocycles. The molecule has 0 aromatic heterocycles. The van der Waals surface area contributed by atoms with Crippen molar-refractivity contribution in [3.05, 3.63) is 30.3 Å². The van der Waals surface area contributed by atoms with Gasteiger partial charge in [0.05, 0.1) is 0 Å². The molecule has 1 rings (SSSR count). The monoisotopic (exact) mass is 174 g/mol. The zero-order valence-electron chi connectivity index (χ0n) is 7.90. The second kappa shape index (κ2) is 5.70. The van der Waals surface area contributed by atoms with Crippen LogP contribution in [-0.2, 0) is 0 Å². The minimum absolute atomic E-state index is 0.431. The molecule has 0 bridgehead atoms. The molecule has 1 aromatic rings. The molecule has 0 amide bonds. The average molecular weight is 174 g/mol. The maximum absolute atomic E-state index is 8.80. The molecule has 1 N–H and O–H groups in total. The molecular weight excluding hydrogens is 162 g/mol. The number of ether oxygens (including phenoxy) is 1. The van der Waals surface area contributed by atoms with Gasteiger partial charge in [0.1, 0.15) is 11.3 Å². The Morgan fingerprint density at radius 3 is 2.00 bits per heavy atom. The highest BCUT2D eigenvalue weighted by Gasteiger charge is 2.11. The first-order chi connectivity index (χ1) is 6.08. The van der Waals surface area contributed by atoms with Gasteiger partial charge in [-0.25, -0.2) is 0 Å². The van der Waals surface area contributed by atoms with Crippen LogP contribution in [0.1, 0.15) is 13.8 Å². The van der Waals surface area contributed by atoms with Crippen molar-refractivity contribution in [2.75, 3.05) is 0 Å². The van der Waals surface area contributed by atoms with Gasteiger partial charge in [-0.2, -0.15) is 0 Å². The van der Waals surface area contributed by atoms with E-state index in [2.05, 4.69) is 0 Å². The molecule has 0 aliphatic heterocycles. The Balaban J connectivity index is 0.000000671. The summed E-state index contributed by atoms with van der Waals surface area (Å²) in [5, 5.41) is 8.80. The summed E-state index contributed by atoms with van der Waals surface area (Å²) in [5.41, 5.74) is -2.10. The molecule has 0 unspecified atom stereocenters. The lowest BCUT2D eigenvalue weighted by molar-refractivity contribution is 0.0128. The SMILES string of the molecule is CC.[B]C([B])(O)Oc1ccccc1. The third-order valence-electron chi connectivity index (χ3n) is 1.02. The van der Waals surface area contributed by atoms with Crippen LogP contribution in [0.4, 0.5) is 0 Å². The Bertz CT molecular complexity index is 219. The van der Waals surface area contributed by atoms with E-state index in [1.165, 1.54) is 0 Å². The van der Waals surface area contributed by atoms with Crippen LogP contribution in [0.25, 0.3) is 0 Å². The largest absolute Gasteiger partial charge is 0.482 e. The zero-order chi connectivity index (χ0) is 10.3. The highest BCUT2D eigenvalue weighted by molar-refractivity contribution is 6.37.